The lowest BCUT2D eigenvalue weighted by Crippen LogP contribution is -2.42. The van der Waals surface area contributed by atoms with E-state index in [1.807, 2.05) is 26.8 Å². The molecule has 0 aromatic carbocycles. The second-order valence-corrected chi connectivity index (χ2v) is 10.5. The molecule has 2 rings (SSSR count). The summed E-state index contributed by atoms with van der Waals surface area (Å²) >= 11 is 0. The Morgan fingerprint density at radius 2 is 1.66 bits per heavy atom. The van der Waals surface area contributed by atoms with Crippen molar-refractivity contribution in [2.75, 3.05) is 28.4 Å². The van der Waals surface area contributed by atoms with Gasteiger partial charge in [-0.25, -0.2) is 4.79 Å². The van der Waals surface area contributed by atoms with E-state index in [2.05, 4.69) is 5.32 Å². The molecule has 0 aromatic rings. The fraction of sp³-hybridized carbons (Fsp3) is 0.600. The number of amides is 2. The zero-order valence-electron chi connectivity index (χ0n) is 25.2. The smallest absolute Gasteiger partial charge is 0.405 e. The molecule has 0 saturated heterocycles. The zero-order valence-corrected chi connectivity index (χ0v) is 25.2. The van der Waals surface area contributed by atoms with E-state index in [9.17, 15) is 19.8 Å². The first-order valence-corrected chi connectivity index (χ1v) is 13.6. The summed E-state index contributed by atoms with van der Waals surface area (Å²) in [7, 11) is 6.20. The molecular weight excluding hydrogens is 532 g/mol. The monoisotopic (exact) mass is 578 g/mol. The van der Waals surface area contributed by atoms with Crippen molar-refractivity contribution in [1.82, 2.24) is 5.32 Å². The summed E-state index contributed by atoms with van der Waals surface area (Å²) in [5, 5.41) is 24.5. The molecule has 2 bridgehead atoms. The van der Waals surface area contributed by atoms with Gasteiger partial charge in [-0.1, -0.05) is 38.2 Å². The Balaban J connectivity index is 2.64. The van der Waals surface area contributed by atoms with E-state index in [-0.39, 0.29) is 17.5 Å². The van der Waals surface area contributed by atoms with Crippen LogP contribution < -0.4 is 11.1 Å². The number of allylic oxidation sites excluding steroid dienone is 2. The third-order valence-corrected chi connectivity index (χ3v) is 7.54. The number of methoxy groups -OCH3 is 4. The molecule has 2 amide bonds. The molecule has 9 atom stereocenters. The number of nitrogens with one attached hydrogen (secondary N) is 1. The van der Waals surface area contributed by atoms with Crippen LogP contribution in [-0.4, -0.2) is 93.4 Å². The van der Waals surface area contributed by atoms with Gasteiger partial charge in [-0.3, -0.25) is 4.79 Å². The number of rotatable bonds is 5. The van der Waals surface area contributed by atoms with Crippen LogP contribution >= 0.6 is 0 Å². The molecule has 1 aliphatic heterocycles. The van der Waals surface area contributed by atoms with E-state index in [0.29, 0.717) is 23.1 Å². The lowest BCUT2D eigenvalue weighted by Gasteiger charge is -2.36. The molecule has 2 unspecified atom stereocenters. The highest BCUT2D eigenvalue weighted by Gasteiger charge is 2.36. The number of aliphatic hydroxyl groups excluding tert-OH is 2. The summed E-state index contributed by atoms with van der Waals surface area (Å²) < 4.78 is 28.6. The number of hydrogen-bond acceptors (Lipinski definition) is 9. The molecule has 11 heteroatoms. The van der Waals surface area contributed by atoms with Crippen LogP contribution in [0.5, 0.6) is 0 Å². The molecule has 1 aliphatic carbocycles. The van der Waals surface area contributed by atoms with Gasteiger partial charge in [0, 0.05) is 45.6 Å². The first-order valence-electron chi connectivity index (χ1n) is 13.6. The SMILES string of the molecule is CO[C@H]1[C@@H](OC)C[C@H](C)[C@@H](OC)C2=CC(O)C=C(NC(=O)/C(C)=C/C=C\[C@H](OC)[C@@H](OC(N)=O)/C(C)=C/[C@@H]1C)C2O. The van der Waals surface area contributed by atoms with Gasteiger partial charge in [0.25, 0.3) is 5.91 Å². The van der Waals surface area contributed by atoms with Gasteiger partial charge in [-0.2, -0.15) is 0 Å². The van der Waals surface area contributed by atoms with E-state index in [4.69, 9.17) is 29.4 Å². The van der Waals surface area contributed by atoms with Crippen LogP contribution in [0.3, 0.4) is 0 Å². The highest BCUT2D eigenvalue weighted by atomic mass is 16.6. The molecule has 41 heavy (non-hydrogen) atoms. The normalized spacial score (nSPS) is 37.4. The Labute approximate surface area is 242 Å². The van der Waals surface area contributed by atoms with Crippen molar-refractivity contribution in [3.05, 3.63) is 58.9 Å². The molecule has 0 fully saturated rings. The van der Waals surface area contributed by atoms with Gasteiger partial charge >= 0.3 is 6.09 Å². The van der Waals surface area contributed by atoms with E-state index in [0.717, 1.165) is 0 Å². The lowest BCUT2D eigenvalue weighted by molar-refractivity contribution is -0.117. The van der Waals surface area contributed by atoms with Crippen LogP contribution in [-0.2, 0) is 28.5 Å². The average Bonchev–Trinajstić information content (AvgIpc) is 2.91. The standard InChI is InChI=1S/C30H46N2O9/c1-16-10-9-11-23(37-5)28(41-30(31)36)18(3)12-17(2)27(40-8)24(38-6)13-19(4)26(39-7)21-14-20(33)15-22(25(21)34)32-29(16)35/h9-12,14-15,17,19-20,23-28,33-34H,13H2,1-8H3,(H2,31,36)(H,32,35)/b11-9-,16-10+,18-12+/t17-,19-,20?,23-,24-,25?,26+,27+,28-/m0/s1. The van der Waals surface area contributed by atoms with Crippen LogP contribution in [0.15, 0.2) is 58.9 Å². The lowest BCUT2D eigenvalue weighted by atomic mass is 9.83. The van der Waals surface area contributed by atoms with Gasteiger partial charge in [-0.15, -0.1) is 0 Å². The largest absolute Gasteiger partial charge is 0.439 e. The summed E-state index contributed by atoms with van der Waals surface area (Å²) in [5.41, 5.74) is 6.99. The van der Waals surface area contributed by atoms with Crippen molar-refractivity contribution in [3.8, 4) is 0 Å². The third kappa shape index (κ3) is 9.09. The van der Waals surface area contributed by atoms with Crippen LogP contribution in [0, 0.1) is 11.8 Å². The van der Waals surface area contributed by atoms with Crippen molar-refractivity contribution >= 4 is 12.0 Å². The Kier molecular flexibility index (Phi) is 13.4. The molecule has 230 valence electrons. The third-order valence-electron chi connectivity index (χ3n) is 7.54. The van der Waals surface area contributed by atoms with Crippen molar-refractivity contribution in [2.45, 2.75) is 76.8 Å². The highest BCUT2D eigenvalue weighted by molar-refractivity contribution is 5.94. The van der Waals surface area contributed by atoms with E-state index >= 15 is 0 Å². The summed E-state index contributed by atoms with van der Waals surface area (Å²) in [6.45, 7) is 7.34. The van der Waals surface area contributed by atoms with Crippen LogP contribution in [0.25, 0.3) is 0 Å². The number of carbonyl (C=O) groups excluding carboxylic acids is 2. The summed E-state index contributed by atoms with van der Waals surface area (Å²) in [6, 6.07) is 0. The fourth-order valence-electron chi connectivity index (χ4n) is 5.47. The molecule has 5 N–H and O–H groups in total. The maximum Gasteiger partial charge on any atom is 0.405 e. The molecule has 0 aromatic heterocycles. The topological polar surface area (TPSA) is 159 Å². The fourth-order valence-corrected chi connectivity index (χ4v) is 5.47. The van der Waals surface area contributed by atoms with Crippen LogP contribution in [0.4, 0.5) is 4.79 Å². The van der Waals surface area contributed by atoms with Crippen molar-refractivity contribution in [3.63, 3.8) is 0 Å². The minimum atomic E-state index is -1.20. The molecular formula is C30H46N2O9. The molecule has 11 nitrogen and oxygen atoms in total. The molecule has 2 aliphatic rings. The maximum absolute atomic E-state index is 13.0. The Morgan fingerprint density at radius 1 is 0.976 bits per heavy atom. The maximum atomic E-state index is 13.0. The van der Waals surface area contributed by atoms with Crippen molar-refractivity contribution < 1.29 is 43.5 Å². The van der Waals surface area contributed by atoms with E-state index in [1.54, 1.807) is 39.4 Å². The number of carbonyl (C=O) groups is 2. The highest BCUT2D eigenvalue weighted by Crippen LogP contribution is 2.31. The second-order valence-electron chi connectivity index (χ2n) is 10.5. The summed E-state index contributed by atoms with van der Waals surface area (Å²) in [4.78, 5) is 24.8. The number of fused-ring (bicyclic) bond motifs is 2. The van der Waals surface area contributed by atoms with Gasteiger partial charge in [0.15, 0.2) is 6.10 Å². The Morgan fingerprint density at radius 3 is 2.22 bits per heavy atom. The number of nitrogens with two attached hydrogens (primary N) is 1. The minimum Gasteiger partial charge on any atom is -0.439 e. The van der Waals surface area contributed by atoms with Crippen LogP contribution in [0.1, 0.15) is 34.1 Å². The number of hydrogen-bond donors (Lipinski definition) is 4. The van der Waals surface area contributed by atoms with Gasteiger partial charge in [0.2, 0.25) is 0 Å². The van der Waals surface area contributed by atoms with Crippen molar-refractivity contribution in [2.24, 2.45) is 17.6 Å². The van der Waals surface area contributed by atoms with Gasteiger partial charge < -0.3 is 44.9 Å². The predicted molar refractivity (Wildman–Crippen MR) is 154 cm³/mol. The first kappa shape index (κ1) is 34.4. The Hall–Kier alpha value is -2.80. The van der Waals surface area contributed by atoms with E-state index in [1.165, 1.54) is 26.4 Å². The Bertz CT molecular complexity index is 1060. The van der Waals surface area contributed by atoms with Gasteiger partial charge in [-0.05, 0) is 49.5 Å². The van der Waals surface area contributed by atoms with Gasteiger partial charge in [0.05, 0.1) is 24.4 Å². The first-order chi connectivity index (χ1) is 19.4. The van der Waals surface area contributed by atoms with E-state index < -0.39 is 54.7 Å². The minimum absolute atomic E-state index is 0.153. The number of aliphatic hydroxyl groups is 2. The quantitative estimate of drug-likeness (QED) is 0.359. The molecule has 1 heterocycles. The number of ether oxygens (including phenoxy) is 5. The molecule has 0 saturated carbocycles. The van der Waals surface area contributed by atoms with Gasteiger partial charge in [0.1, 0.15) is 12.2 Å². The summed E-state index contributed by atoms with van der Waals surface area (Å²) in [5.74, 6) is -0.861. The second kappa shape index (κ2) is 16.0. The molecule has 0 radical (unpaired) electrons. The predicted octanol–water partition coefficient (Wildman–Crippen LogP) is 2.30. The average molecular weight is 579 g/mol. The number of primary amides is 1. The van der Waals surface area contributed by atoms with Crippen LogP contribution in [0.2, 0.25) is 0 Å². The molecule has 0 spiro atoms. The van der Waals surface area contributed by atoms with Crippen molar-refractivity contribution in [1.29, 1.82) is 0 Å². The zero-order chi connectivity index (χ0) is 30.9. The summed E-state index contributed by atoms with van der Waals surface area (Å²) in [6.07, 6.45) is 4.00.